The maximum atomic E-state index is 10.9. The molecule has 0 aliphatic carbocycles. The number of nitrogens with one attached hydrogen (secondary N) is 1. The Kier molecular flexibility index (Phi) is 1.60. The van der Waals surface area contributed by atoms with Crippen molar-refractivity contribution in [3.8, 4) is 11.5 Å². The van der Waals surface area contributed by atoms with Crippen molar-refractivity contribution in [2.45, 2.75) is 13.8 Å². The number of aromatic amines is 1. The first-order valence-electron chi connectivity index (χ1n) is 3.15. The molecular weight excluding hydrogens is 146 g/mol. The van der Waals surface area contributed by atoms with Crippen LogP contribution in [0.2, 0.25) is 0 Å². The predicted molar refractivity (Wildman–Crippen MR) is 39.9 cm³/mol. The third-order valence-electron chi connectivity index (χ3n) is 1.58. The van der Waals surface area contributed by atoms with Gasteiger partial charge in [-0.05, 0) is 13.8 Å². The highest BCUT2D eigenvalue weighted by Gasteiger charge is 2.08. The van der Waals surface area contributed by atoms with Crippen molar-refractivity contribution >= 4 is 0 Å². The average molecular weight is 155 g/mol. The van der Waals surface area contributed by atoms with Gasteiger partial charge in [0, 0.05) is 0 Å². The van der Waals surface area contributed by atoms with Crippen LogP contribution in [-0.4, -0.2) is 15.2 Å². The quantitative estimate of drug-likeness (QED) is 0.507. The summed E-state index contributed by atoms with van der Waals surface area (Å²) in [6.45, 7) is 2.95. The normalized spacial score (nSPS) is 10.0. The summed E-state index contributed by atoms with van der Waals surface area (Å²) in [7, 11) is 0. The molecule has 0 aliphatic rings. The standard InChI is InChI=1S/C7H9NO3/c1-3-5(9)6(10)4(2)8-7(3)11/h10H,1-2H3,(H2,8,9,11). The highest BCUT2D eigenvalue weighted by Crippen LogP contribution is 2.27. The molecule has 0 aromatic carbocycles. The fourth-order valence-electron chi connectivity index (χ4n) is 0.786. The van der Waals surface area contributed by atoms with E-state index in [1.807, 2.05) is 0 Å². The Morgan fingerprint density at radius 3 is 2.27 bits per heavy atom. The molecule has 0 bridgehead atoms. The van der Waals surface area contributed by atoms with Crippen LogP contribution in [0.5, 0.6) is 11.5 Å². The SMILES string of the molecule is Cc1[nH]c(=O)c(C)c(O)c1O. The van der Waals surface area contributed by atoms with Crippen LogP contribution < -0.4 is 5.56 Å². The summed E-state index contributed by atoms with van der Waals surface area (Å²) >= 11 is 0. The van der Waals surface area contributed by atoms with Gasteiger partial charge in [0.15, 0.2) is 11.5 Å². The van der Waals surface area contributed by atoms with E-state index in [9.17, 15) is 4.79 Å². The van der Waals surface area contributed by atoms with E-state index in [0.29, 0.717) is 0 Å². The monoisotopic (exact) mass is 155 g/mol. The second-order valence-electron chi connectivity index (χ2n) is 2.40. The molecule has 0 radical (unpaired) electrons. The average Bonchev–Trinajstić information content (AvgIpc) is 1.97. The molecule has 0 fully saturated rings. The molecule has 0 atom stereocenters. The van der Waals surface area contributed by atoms with Crippen molar-refractivity contribution in [2.75, 3.05) is 0 Å². The summed E-state index contributed by atoms with van der Waals surface area (Å²) in [6, 6.07) is 0. The minimum absolute atomic E-state index is 0.133. The molecule has 60 valence electrons. The molecule has 4 heteroatoms. The van der Waals surface area contributed by atoms with Gasteiger partial charge in [-0.1, -0.05) is 0 Å². The van der Waals surface area contributed by atoms with Gasteiger partial charge in [0.05, 0.1) is 11.3 Å². The molecule has 1 rings (SSSR count). The number of hydrogen-bond donors (Lipinski definition) is 3. The Morgan fingerprint density at radius 1 is 1.18 bits per heavy atom. The van der Waals surface area contributed by atoms with Gasteiger partial charge in [-0.3, -0.25) is 4.79 Å². The van der Waals surface area contributed by atoms with Crippen LogP contribution in [-0.2, 0) is 0 Å². The number of H-pyrrole nitrogens is 1. The predicted octanol–water partition coefficient (Wildman–Crippen LogP) is 0.403. The second-order valence-corrected chi connectivity index (χ2v) is 2.40. The first kappa shape index (κ1) is 7.65. The molecule has 4 nitrogen and oxygen atoms in total. The van der Waals surface area contributed by atoms with Crippen molar-refractivity contribution in [3.05, 3.63) is 21.6 Å². The maximum Gasteiger partial charge on any atom is 0.255 e. The van der Waals surface area contributed by atoms with Crippen LogP contribution in [0.1, 0.15) is 11.3 Å². The Morgan fingerprint density at radius 2 is 1.73 bits per heavy atom. The largest absolute Gasteiger partial charge is 0.504 e. The Bertz CT molecular complexity index is 340. The summed E-state index contributed by atoms with van der Waals surface area (Å²) in [5, 5.41) is 18.2. The Labute approximate surface area is 63.1 Å². The summed E-state index contributed by atoms with van der Waals surface area (Å²) < 4.78 is 0. The lowest BCUT2D eigenvalue weighted by atomic mass is 10.2. The number of aryl methyl sites for hydroxylation is 1. The van der Waals surface area contributed by atoms with Gasteiger partial charge in [-0.15, -0.1) is 0 Å². The first-order chi connectivity index (χ1) is 5.04. The summed E-state index contributed by atoms with van der Waals surface area (Å²) in [5.41, 5.74) is 0.0315. The fourth-order valence-corrected chi connectivity index (χ4v) is 0.786. The first-order valence-corrected chi connectivity index (χ1v) is 3.15. The zero-order chi connectivity index (χ0) is 8.59. The van der Waals surface area contributed by atoms with Gasteiger partial charge >= 0.3 is 0 Å². The summed E-state index contributed by atoms with van der Waals surface area (Å²) in [6.07, 6.45) is 0. The lowest BCUT2D eigenvalue weighted by Gasteiger charge is -2.02. The summed E-state index contributed by atoms with van der Waals surface area (Å²) in [4.78, 5) is 13.3. The number of hydrogen-bond acceptors (Lipinski definition) is 3. The number of aromatic hydroxyl groups is 2. The molecule has 0 unspecified atom stereocenters. The van der Waals surface area contributed by atoms with Gasteiger partial charge in [-0.2, -0.15) is 0 Å². The van der Waals surface area contributed by atoms with Crippen molar-refractivity contribution in [3.63, 3.8) is 0 Å². The fraction of sp³-hybridized carbons (Fsp3) is 0.286. The van der Waals surface area contributed by atoms with Crippen LogP contribution in [0.4, 0.5) is 0 Å². The second kappa shape index (κ2) is 2.30. The van der Waals surface area contributed by atoms with Gasteiger partial charge in [-0.25, -0.2) is 0 Å². The molecule has 0 saturated heterocycles. The zero-order valence-corrected chi connectivity index (χ0v) is 6.30. The maximum absolute atomic E-state index is 10.9. The van der Waals surface area contributed by atoms with Crippen molar-refractivity contribution in [1.82, 2.24) is 4.98 Å². The smallest absolute Gasteiger partial charge is 0.255 e. The van der Waals surface area contributed by atoms with E-state index in [0.717, 1.165) is 0 Å². The van der Waals surface area contributed by atoms with Crippen LogP contribution in [0, 0.1) is 13.8 Å². The van der Waals surface area contributed by atoms with Gasteiger partial charge in [0.2, 0.25) is 0 Å². The zero-order valence-electron chi connectivity index (χ0n) is 6.30. The van der Waals surface area contributed by atoms with E-state index in [1.54, 1.807) is 0 Å². The topological polar surface area (TPSA) is 73.3 Å². The van der Waals surface area contributed by atoms with E-state index >= 15 is 0 Å². The number of aromatic nitrogens is 1. The molecule has 0 amide bonds. The lowest BCUT2D eigenvalue weighted by Crippen LogP contribution is -2.10. The van der Waals surface area contributed by atoms with Crippen molar-refractivity contribution < 1.29 is 10.2 Å². The van der Waals surface area contributed by atoms with Crippen molar-refractivity contribution in [1.29, 1.82) is 0 Å². The number of rotatable bonds is 0. The van der Waals surface area contributed by atoms with E-state index in [4.69, 9.17) is 10.2 Å². The van der Waals surface area contributed by atoms with Crippen LogP contribution in [0.15, 0.2) is 4.79 Å². The third kappa shape index (κ3) is 1.07. The Hall–Kier alpha value is -1.45. The third-order valence-corrected chi connectivity index (χ3v) is 1.58. The highest BCUT2D eigenvalue weighted by atomic mass is 16.3. The molecule has 1 aromatic rings. The van der Waals surface area contributed by atoms with E-state index < -0.39 is 0 Å². The minimum atomic E-state index is -0.377. The highest BCUT2D eigenvalue weighted by molar-refractivity contribution is 5.44. The molecule has 1 heterocycles. The lowest BCUT2D eigenvalue weighted by molar-refractivity contribution is 0.394. The molecule has 11 heavy (non-hydrogen) atoms. The molecule has 0 aliphatic heterocycles. The minimum Gasteiger partial charge on any atom is -0.504 e. The van der Waals surface area contributed by atoms with E-state index in [2.05, 4.69) is 4.98 Å². The molecule has 0 saturated carbocycles. The van der Waals surface area contributed by atoms with Crippen molar-refractivity contribution in [2.24, 2.45) is 0 Å². The van der Waals surface area contributed by atoms with Crippen LogP contribution in [0.3, 0.4) is 0 Å². The van der Waals surface area contributed by atoms with E-state index in [-0.39, 0.29) is 28.3 Å². The molecule has 1 aromatic heterocycles. The van der Waals surface area contributed by atoms with Crippen LogP contribution >= 0.6 is 0 Å². The van der Waals surface area contributed by atoms with Gasteiger partial charge < -0.3 is 15.2 Å². The van der Waals surface area contributed by atoms with Crippen LogP contribution in [0.25, 0.3) is 0 Å². The summed E-state index contributed by atoms with van der Waals surface area (Å²) in [5.74, 6) is -0.603. The molecule has 0 spiro atoms. The molecular formula is C7H9NO3. The van der Waals surface area contributed by atoms with Gasteiger partial charge in [0.1, 0.15) is 0 Å². The van der Waals surface area contributed by atoms with Gasteiger partial charge in [0.25, 0.3) is 5.56 Å². The Balaban J connectivity index is 3.59. The molecule has 3 N–H and O–H groups in total. The van der Waals surface area contributed by atoms with E-state index in [1.165, 1.54) is 13.8 Å². The number of pyridine rings is 1.